The van der Waals surface area contributed by atoms with Crippen LogP contribution in [0.25, 0.3) is 0 Å². The molecule has 3 aliphatic rings. The predicted molar refractivity (Wildman–Crippen MR) is 125 cm³/mol. The first kappa shape index (κ1) is 24.9. The Bertz CT molecular complexity index is 873. The first-order valence-corrected chi connectivity index (χ1v) is 11.9. The van der Waals surface area contributed by atoms with E-state index in [0.29, 0.717) is 19.4 Å². The Morgan fingerprint density at radius 1 is 1.06 bits per heavy atom. The number of ketones is 1. The van der Waals surface area contributed by atoms with Crippen LogP contribution in [0, 0.1) is 11.8 Å². The second-order valence-electron chi connectivity index (χ2n) is 9.53. The van der Waals surface area contributed by atoms with Crippen LogP contribution in [0.5, 0.6) is 0 Å². The molecule has 1 heterocycles. The van der Waals surface area contributed by atoms with Crippen LogP contribution in [0.3, 0.4) is 0 Å². The number of hydrogen-bond donors (Lipinski definition) is 3. The highest BCUT2D eigenvalue weighted by Gasteiger charge is 2.41. The van der Waals surface area contributed by atoms with Crippen molar-refractivity contribution in [3.63, 3.8) is 0 Å². The molecule has 8 heteroatoms. The van der Waals surface area contributed by atoms with E-state index in [0.717, 1.165) is 18.8 Å². The van der Waals surface area contributed by atoms with E-state index in [1.807, 2.05) is 12.1 Å². The first-order valence-electron chi connectivity index (χ1n) is 11.9. The summed E-state index contributed by atoms with van der Waals surface area (Å²) in [6, 6.07) is 6.15. The maximum atomic E-state index is 13.3. The predicted octanol–water partition coefficient (Wildman–Crippen LogP) is 0.956. The molecule has 0 bridgehead atoms. The van der Waals surface area contributed by atoms with Crippen LogP contribution in [0.1, 0.15) is 50.7 Å². The van der Waals surface area contributed by atoms with Crippen molar-refractivity contribution in [2.45, 2.75) is 70.5 Å². The van der Waals surface area contributed by atoms with E-state index in [4.69, 9.17) is 5.73 Å². The fraction of sp³-hybridized carbons (Fsp3) is 0.600. The van der Waals surface area contributed by atoms with Gasteiger partial charge in [0.25, 0.3) is 5.91 Å². The van der Waals surface area contributed by atoms with Gasteiger partial charge in [0, 0.05) is 6.54 Å². The third kappa shape index (κ3) is 6.19. The molecule has 1 saturated heterocycles. The zero-order chi connectivity index (χ0) is 24.1. The Kier molecular flexibility index (Phi) is 8.24. The van der Waals surface area contributed by atoms with Gasteiger partial charge in [0.1, 0.15) is 6.04 Å². The molecular formula is C25H36N4O4. The maximum Gasteiger partial charge on any atom is 0.287 e. The molecular weight excluding hydrogens is 420 g/mol. The summed E-state index contributed by atoms with van der Waals surface area (Å²) in [7, 11) is 1.77. The van der Waals surface area contributed by atoms with Crippen LogP contribution in [-0.4, -0.2) is 60.1 Å². The standard InChI is InChI=1S/C21H28N4O4.C4H8/c1-12(18(26)19(22)27)24-20(28)16-8-5-9-25(16)21(29)17(23-2)15-10-13-6-3-4-7-14(13)11-15;1-4-2-3-4/h3-4,6-7,12,15-17,23H,5,8-11H2,1-2H3,(H2,22,27)(H,24,28);4H,2-3H2,1H3. The molecule has 4 rings (SSSR count). The number of carbonyl (C=O) groups excluding carboxylic acids is 4. The highest BCUT2D eigenvalue weighted by atomic mass is 16.2. The van der Waals surface area contributed by atoms with Gasteiger partial charge in [-0.25, -0.2) is 0 Å². The Hall–Kier alpha value is -2.74. The first-order chi connectivity index (χ1) is 15.7. The van der Waals surface area contributed by atoms with Gasteiger partial charge in [-0.1, -0.05) is 44.0 Å². The number of hydrogen-bond acceptors (Lipinski definition) is 5. The lowest BCUT2D eigenvalue weighted by Crippen LogP contribution is -2.56. The number of likely N-dealkylation sites (N-methyl/N-ethyl adjacent to an activating group) is 1. The quantitative estimate of drug-likeness (QED) is 0.528. The largest absolute Gasteiger partial charge is 0.363 e. The molecule has 1 aromatic carbocycles. The number of likely N-dealkylation sites (tertiary alicyclic amines) is 1. The third-order valence-electron chi connectivity index (χ3n) is 6.83. The minimum atomic E-state index is -1.09. The van der Waals surface area contributed by atoms with Crippen LogP contribution in [-0.2, 0) is 32.0 Å². The van der Waals surface area contributed by atoms with Gasteiger partial charge in [0.15, 0.2) is 0 Å². The van der Waals surface area contributed by atoms with Crippen LogP contribution in [0.15, 0.2) is 24.3 Å². The zero-order valence-electron chi connectivity index (χ0n) is 19.8. The molecule has 2 aliphatic carbocycles. The summed E-state index contributed by atoms with van der Waals surface area (Å²) in [6.45, 7) is 4.19. The van der Waals surface area contributed by atoms with Gasteiger partial charge < -0.3 is 21.3 Å². The molecule has 3 unspecified atom stereocenters. The van der Waals surface area contributed by atoms with Gasteiger partial charge in [-0.15, -0.1) is 0 Å². The van der Waals surface area contributed by atoms with Crippen molar-refractivity contribution in [2.24, 2.45) is 17.6 Å². The average molecular weight is 457 g/mol. The van der Waals surface area contributed by atoms with Crippen LogP contribution < -0.4 is 16.4 Å². The topological polar surface area (TPSA) is 122 Å². The fourth-order valence-corrected chi connectivity index (χ4v) is 4.63. The summed E-state index contributed by atoms with van der Waals surface area (Å²) in [5, 5.41) is 5.68. The smallest absolute Gasteiger partial charge is 0.287 e. The van der Waals surface area contributed by atoms with Gasteiger partial charge in [-0.3, -0.25) is 19.2 Å². The average Bonchev–Trinajstić information content (AvgIpc) is 3.27. The lowest BCUT2D eigenvalue weighted by Gasteiger charge is -2.31. The zero-order valence-corrected chi connectivity index (χ0v) is 19.8. The van der Waals surface area contributed by atoms with E-state index in [1.165, 1.54) is 30.9 Å². The van der Waals surface area contributed by atoms with Crippen molar-refractivity contribution in [1.82, 2.24) is 15.5 Å². The van der Waals surface area contributed by atoms with Crippen molar-refractivity contribution < 1.29 is 19.2 Å². The molecule has 3 amide bonds. The van der Waals surface area contributed by atoms with E-state index >= 15 is 0 Å². The minimum Gasteiger partial charge on any atom is -0.363 e. The Morgan fingerprint density at radius 3 is 2.12 bits per heavy atom. The van der Waals surface area contributed by atoms with E-state index < -0.39 is 29.7 Å². The molecule has 33 heavy (non-hydrogen) atoms. The molecule has 180 valence electrons. The van der Waals surface area contributed by atoms with Crippen molar-refractivity contribution in [1.29, 1.82) is 0 Å². The van der Waals surface area contributed by atoms with E-state index in [2.05, 4.69) is 29.7 Å². The number of rotatable bonds is 7. The number of fused-ring (bicyclic) bond motifs is 1. The molecule has 3 atom stereocenters. The summed E-state index contributed by atoms with van der Waals surface area (Å²) in [5.74, 6) is -1.26. The number of benzene rings is 1. The molecule has 8 nitrogen and oxygen atoms in total. The number of Topliss-reactive ketones (excluding diaryl/α,β-unsaturated/α-hetero) is 1. The lowest BCUT2D eigenvalue weighted by molar-refractivity contribution is -0.142. The van der Waals surface area contributed by atoms with Gasteiger partial charge in [-0.05, 0) is 62.6 Å². The van der Waals surface area contributed by atoms with E-state index in [-0.39, 0.29) is 17.9 Å². The molecule has 4 N–H and O–H groups in total. The molecule has 0 aromatic heterocycles. The minimum absolute atomic E-state index is 0.100. The second-order valence-corrected chi connectivity index (χ2v) is 9.53. The van der Waals surface area contributed by atoms with Crippen molar-refractivity contribution in [3.8, 4) is 0 Å². The summed E-state index contributed by atoms with van der Waals surface area (Å²) in [6.07, 6.45) is 5.85. The van der Waals surface area contributed by atoms with Gasteiger partial charge >= 0.3 is 0 Å². The highest BCUT2D eigenvalue weighted by Crippen LogP contribution is 2.30. The Morgan fingerprint density at radius 2 is 1.64 bits per heavy atom. The van der Waals surface area contributed by atoms with Crippen molar-refractivity contribution in [2.75, 3.05) is 13.6 Å². The van der Waals surface area contributed by atoms with Gasteiger partial charge in [0.2, 0.25) is 17.6 Å². The van der Waals surface area contributed by atoms with Gasteiger partial charge in [-0.2, -0.15) is 0 Å². The van der Waals surface area contributed by atoms with Gasteiger partial charge in [0.05, 0.1) is 12.1 Å². The normalized spacial score (nSPS) is 21.4. The lowest BCUT2D eigenvalue weighted by atomic mass is 9.95. The molecule has 1 aliphatic heterocycles. The number of primary amides is 1. The molecule has 0 radical (unpaired) electrons. The van der Waals surface area contributed by atoms with Crippen LogP contribution in [0.4, 0.5) is 0 Å². The second kappa shape index (κ2) is 10.9. The molecule has 1 aromatic rings. The molecule has 0 spiro atoms. The Balaban J connectivity index is 0.000000690. The number of amides is 3. The van der Waals surface area contributed by atoms with E-state index in [9.17, 15) is 19.2 Å². The SMILES string of the molecule is CC1CC1.CNC(C(=O)N1CCCC1C(=O)NC(C)C(=O)C(N)=O)C1Cc2ccccc2C1. The number of nitrogens with one attached hydrogen (secondary N) is 2. The van der Waals surface area contributed by atoms with Crippen LogP contribution in [0.2, 0.25) is 0 Å². The summed E-state index contributed by atoms with van der Waals surface area (Å²) in [5.41, 5.74) is 7.52. The Labute approximate surface area is 195 Å². The monoisotopic (exact) mass is 456 g/mol. The van der Waals surface area contributed by atoms with Crippen molar-refractivity contribution >= 4 is 23.5 Å². The molecule has 2 fully saturated rings. The molecule has 1 saturated carbocycles. The third-order valence-corrected chi connectivity index (χ3v) is 6.83. The fourth-order valence-electron chi connectivity index (χ4n) is 4.63. The number of carbonyl (C=O) groups is 4. The highest BCUT2D eigenvalue weighted by molar-refractivity contribution is 6.37. The summed E-state index contributed by atoms with van der Waals surface area (Å²) < 4.78 is 0. The number of nitrogens with zero attached hydrogens (tertiary/aromatic N) is 1. The number of nitrogens with two attached hydrogens (primary N) is 1. The maximum absolute atomic E-state index is 13.3. The summed E-state index contributed by atoms with van der Waals surface area (Å²) in [4.78, 5) is 50.3. The van der Waals surface area contributed by atoms with Crippen LogP contribution >= 0.6 is 0 Å². The summed E-state index contributed by atoms with van der Waals surface area (Å²) >= 11 is 0. The van der Waals surface area contributed by atoms with Crippen molar-refractivity contribution in [3.05, 3.63) is 35.4 Å². The van der Waals surface area contributed by atoms with E-state index in [1.54, 1.807) is 11.9 Å².